The van der Waals surface area contributed by atoms with E-state index in [2.05, 4.69) is 35.6 Å². The Labute approximate surface area is 213 Å². The molecule has 0 aliphatic carbocycles. The van der Waals surface area contributed by atoms with Crippen LogP contribution in [0.4, 0.5) is 0 Å². The van der Waals surface area contributed by atoms with Crippen LogP contribution < -0.4 is 14.3 Å². The fraction of sp³-hybridized carbons (Fsp3) is 0.321. The Kier molecular flexibility index (Phi) is 7.11. The van der Waals surface area contributed by atoms with Gasteiger partial charge in [0.15, 0.2) is 0 Å². The molecule has 1 unspecified atom stereocenters. The maximum Gasteiger partial charge on any atom is 0.276 e. The average molecular weight is 508 g/mol. The summed E-state index contributed by atoms with van der Waals surface area (Å²) in [5, 5.41) is 4.53. The number of aryl methyl sites for hydroxylation is 1. The van der Waals surface area contributed by atoms with Crippen molar-refractivity contribution in [2.75, 3.05) is 14.2 Å². The molecule has 1 aliphatic heterocycles. The second-order valence-corrected chi connectivity index (χ2v) is 11.5. The zero-order chi connectivity index (χ0) is 26.1. The molecule has 36 heavy (non-hydrogen) atoms. The predicted molar refractivity (Wildman–Crippen MR) is 142 cm³/mol. The van der Waals surface area contributed by atoms with E-state index in [1.165, 1.54) is 0 Å². The summed E-state index contributed by atoms with van der Waals surface area (Å²) in [7, 11) is -0.583. The normalized spacial score (nSPS) is 20.1. The number of sulfonamides is 1. The van der Waals surface area contributed by atoms with Crippen molar-refractivity contribution in [3.8, 4) is 11.5 Å². The Bertz CT molecular complexity index is 1330. The molecular weight excluding hydrogens is 474 g/mol. The molecule has 0 amide bonds. The molecule has 1 N–H and O–H groups in total. The number of hydrogen-bond donors (Lipinski definition) is 1. The molecule has 7 nitrogen and oxygen atoms in total. The van der Waals surface area contributed by atoms with Crippen molar-refractivity contribution < 1.29 is 17.9 Å². The first kappa shape index (κ1) is 25.7. The molecule has 3 aromatic carbocycles. The van der Waals surface area contributed by atoms with Crippen molar-refractivity contribution in [2.45, 2.75) is 50.2 Å². The van der Waals surface area contributed by atoms with Gasteiger partial charge in [-0.15, -0.1) is 0 Å². The average Bonchev–Trinajstić information content (AvgIpc) is 3.61. The number of rotatable bonds is 8. The first-order valence-corrected chi connectivity index (χ1v) is 13.3. The topological polar surface area (TPSA) is 80.0 Å². The number of hydrazone groups is 1. The molecule has 3 aromatic rings. The summed E-state index contributed by atoms with van der Waals surface area (Å²) < 4.78 is 36.8. The zero-order valence-corrected chi connectivity index (χ0v) is 22.3. The van der Waals surface area contributed by atoms with Crippen molar-refractivity contribution in [3.63, 3.8) is 0 Å². The van der Waals surface area contributed by atoms with Gasteiger partial charge in [0, 0.05) is 5.54 Å². The van der Waals surface area contributed by atoms with Crippen LogP contribution in [0.5, 0.6) is 11.5 Å². The maximum absolute atomic E-state index is 13.1. The molecule has 190 valence electrons. The van der Waals surface area contributed by atoms with Crippen molar-refractivity contribution in [2.24, 2.45) is 5.10 Å². The van der Waals surface area contributed by atoms with E-state index in [4.69, 9.17) is 9.47 Å². The van der Waals surface area contributed by atoms with E-state index in [1.54, 1.807) is 38.5 Å². The van der Waals surface area contributed by atoms with Crippen molar-refractivity contribution in [3.05, 3.63) is 89.5 Å². The molecule has 8 heteroatoms. The summed E-state index contributed by atoms with van der Waals surface area (Å²) in [5.74, 6) is 1.50. The SMILES string of the molecule is COc1ccc(/C(=N/NS(=O)(=O)c2ccc(C)cc2)[C@@H]2[C@H](c3ccc(OC)cc3)N2C(C)(C)C)cc1. The summed E-state index contributed by atoms with van der Waals surface area (Å²) in [6.07, 6.45) is 0. The van der Waals surface area contributed by atoms with Crippen LogP contribution in [0.3, 0.4) is 0 Å². The Morgan fingerprint density at radius 3 is 1.89 bits per heavy atom. The highest BCUT2D eigenvalue weighted by atomic mass is 32.2. The fourth-order valence-corrected chi connectivity index (χ4v) is 5.25. The van der Waals surface area contributed by atoms with E-state index in [-0.39, 0.29) is 22.5 Å². The quantitative estimate of drug-likeness (QED) is 0.266. The largest absolute Gasteiger partial charge is 0.497 e. The number of ether oxygens (including phenoxy) is 2. The summed E-state index contributed by atoms with van der Waals surface area (Å²) in [5.41, 5.74) is 3.37. The lowest BCUT2D eigenvalue weighted by molar-refractivity contribution is 0.280. The molecule has 0 aromatic heterocycles. The molecule has 0 bridgehead atoms. The van der Waals surface area contributed by atoms with Crippen LogP contribution in [0, 0.1) is 6.92 Å². The maximum atomic E-state index is 13.1. The van der Waals surface area contributed by atoms with Crippen LogP contribution in [0.1, 0.15) is 43.5 Å². The second kappa shape index (κ2) is 9.95. The Morgan fingerprint density at radius 1 is 0.861 bits per heavy atom. The lowest BCUT2D eigenvalue weighted by atomic mass is 10.0. The van der Waals surface area contributed by atoms with E-state index in [0.29, 0.717) is 11.5 Å². The van der Waals surface area contributed by atoms with Gasteiger partial charge >= 0.3 is 0 Å². The zero-order valence-electron chi connectivity index (χ0n) is 21.5. The van der Waals surface area contributed by atoms with E-state index in [9.17, 15) is 8.42 Å². The van der Waals surface area contributed by atoms with E-state index in [0.717, 1.165) is 22.4 Å². The standard InChI is InChI=1S/C28H33N3O4S/c1-19-7-17-24(18-8-19)36(32,33)30-29-25(20-9-13-22(34-5)14-10-20)27-26(31(27)28(2,3)4)21-11-15-23(35-6)16-12-21/h7-18,26-27,30H,1-6H3/b29-25-/t26-,27+,31?/m0/s1. The molecule has 1 saturated heterocycles. The van der Waals surface area contributed by atoms with Crippen LogP contribution >= 0.6 is 0 Å². The molecule has 4 rings (SSSR count). The Balaban J connectivity index is 1.75. The summed E-state index contributed by atoms with van der Waals surface area (Å²) in [6.45, 7) is 8.35. The first-order valence-electron chi connectivity index (χ1n) is 11.8. The van der Waals surface area contributed by atoms with E-state index < -0.39 is 10.0 Å². The molecule has 3 atom stereocenters. The van der Waals surface area contributed by atoms with Crippen LogP contribution in [-0.4, -0.2) is 44.8 Å². The predicted octanol–water partition coefficient (Wildman–Crippen LogP) is 4.92. The third kappa shape index (κ3) is 5.39. The highest BCUT2D eigenvalue weighted by Gasteiger charge is 2.56. The van der Waals surface area contributed by atoms with Gasteiger partial charge in [0.1, 0.15) is 11.5 Å². The van der Waals surface area contributed by atoms with Crippen LogP contribution in [-0.2, 0) is 10.0 Å². The molecule has 0 saturated carbocycles. The fourth-order valence-electron chi connectivity index (χ4n) is 4.43. The van der Waals surface area contributed by atoms with E-state index >= 15 is 0 Å². The minimum Gasteiger partial charge on any atom is -0.497 e. The van der Waals surface area contributed by atoms with Crippen LogP contribution in [0.25, 0.3) is 0 Å². The lowest BCUT2D eigenvalue weighted by Gasteiger charge is -2.23. The monoisotopic (exact) mass is 507 g/mol. The highest BCUT2D eigenvalue weighted by Crippen LogP contribution is 2.50. The van der Waals surface area contributed by atoms with Crippen LogP contribution in [0.2, 0.25) is 0 Å². The van der Waals surface area contributed by atoms with Gasteiger partial charge < -0.3 is 9.47 Å². The number of benzene rings is 3. The third-order valence-corrected chi connectivity index (χ3v) is 7.55. The number of nitrogens with one attached hydrogen (secondary N) is 1. The summed E-state index contributed by atoms with van der Waals surface area (Å²) in [4.78, 5) is 4.99. The lowest BCUT2D eigenvalue weighted by Crippen LogP contribution is -2.31. The summed E-state index contributed by atoms with van der Waals surface area (Å²) in [6, 6.07) is 22.1. The molecular formula is C28H33N3O4S. The van der Waals surface area contributed by atoms with Gasteiger partial charge in [-0.05, 0) is 87.4 Å². The number of hydrogen-bond acceptors (Lipinski definition) is 6. The van der Waals surface area contributed by atoms with Crippen molar-refractivity contribution in [1.82, 2.24) is 9.73 Å². The molecule has 1 fully saturated rings. The summed E-state index contributed by atoms with van der Waals surface area (Å²) >= 11 is 0. The molecule has 1 heterocycles. The van der Waals surface area contributed by atoms with Gasteiger partial charge in [0.2, 0.25) is 0 Å². The molecule has 1 aliphatic rings. The molecule has 0 spiro atoms. The van der Waals surface area contributed by atoms with E-state index in [1.807, 2.05) is 55.5 Å². The molecule has 0 radical (unpaired) electrons. The van der Waals surface area contributed by atoms with Gasteiger partial charge in [-0.3, -0.25) is 4.90 Å². The minimum atomic E-state index is -3.84. The van der Waals surface area contributed by atoms with Gasteiger partial charge in [-0.25, -0.2) is 0 Å². The Hall–Kier alpha value is -3.36. The van der Waals surface area contributed by atoms with Gasteiger partial charge in [-0.2, -0.15) is 18.4 Å². The van der Waals surface area contributed by atoms with Crippen molar-refractivity contribution >= 4 is 15.7 Å². The van der Waals surface area contributed by atoms with Gasteiger partial charge in [-0.1, -0.05) is 29.8 Å². The highest BCUT2D eigenvalue weighted by molar-refractivity contribution is 7.89. The number of nitrogens with zero attached hydrogens (tertiary/aromatic N) is 2. The number of methoxy groups -OCH3 is 2. The first-order chi connectivity index (χ1) is 17.0. The minimum absolute atomic E-state index is 0.0284. The Morgan fingerprint density at radius 2 is 1.39 bits per heavy atom. The van der Waals surface area contributed by atoms with Gasteiger partial charge in [0.25, 0.3) is 10.0 Å². The third-order valence-electron chi connectivity index (χ3n) is 6.32. The van der Waals surface area contributed by atoms with Crippen molar-refractivity contribution in [1.29, 1.82) is 0 Å². The van der Waals surface area contributed by atoms with Gasteiger partial charge in [0.05, 0.1) is 36.9 Å². The second-order valence-electron chi connectivity index (χ2n) is 9.87. The smallest absolute Gasteiger partial charge is 0.276 e. The van der Waals surface area contributed by atoms with Crippen LogP contribution in [0.15, 0.2) is 82.8 Å².